The minimum atomic E-state index is -5.20. The van der Waals surface area contributed by atoms with Crippen LogP contribution in [-0.4, -0.2) is 57.2 Å². The minimum Gasteiger partial charge on any atom is -0.811 e. The van der Waals surface area contributed by atoms with Crippen LogP contribution in [0.5, 0.6) is 0 Å². The molecule has 1 aliphatic rings. The molecule has 1 rings (SSSR count). The molecule has 0 bridgehead atoms. The van der Waals surface area contributed by atoms with E-state index in [4.69, 9.17) is 0 Å². The molecule has 1 saturated carbocycles. The molecular weight excluding hydrogens is 410 g/mol. The molecule has 1 aliphatic carbocycles. The second-order valence-electron chi connectivity index (χ2n) is 4.88. The Kier molecular flexibility index (Phi) is 21.0. The molecule has 0 saturated heterocycles. The Morgan fingerprint density at radius 3 is 0.958 bits per heavy atom. The molecule has 120 valence electrons. The molecule has 6 atom stereocenters. The summed E-state index contributed by atoms with van der Waals surface area (Å²) in [5, 5.41) is 38.1. The van der Waals surface area contributed by atoms with Crippen molar-refractivity contribution in [1.82, 2.24) is 0 Å². The Hall–Kier alpha value is 4.14. The maximum absolute atomic E-state index is 10.8. The van der Waals surface area contributed by atoms with Gasteiger partial charge in [-0.05, 0) is 24.2 Å². The van der Waals surface area contributed by atoms with Crippen LogP contribution in [0.3, 0.4) is 0 Å². The number of rotatable bonds is 4. The van der Waals surface area contributed by atoms with Gasteiger partial charge in [-0.3, -0.25) is 0 Å². The van der Waals surface area contributed by atoms with Gasteiger partial charge in [0, 0.05) is 0 Å². The molecule has 0 radical (unpaired) electrons. The zero-order chi connectivity index (χ0) is 15.9. The van der Waals surface area contributed by atoms with Crippen molar-refractivity contribution in [3.8, 4) is 0 Å². The van der Waals surface area contributed by atoms with Crippen molar-refractivity contribution < 1.29 is 167 Å². The van der Waals surface area contributed by atoms with Gasteiger partial charge in [-0.25, -0.2) is 0 Å². The van der Waals surface area contributed by atoms with Gasteiger partial charge >= 0.3 is 118 Å². The van der Waals surface area contributed by atoms with Crippen molar-refractivity contribution in [3.05, 3.63) is 0 Å². The Bertz CT molecular complexity index is 405. The first-order valence-electron chi connectivity index (χ1n) is 5.58. The van der Waals surface area contributed by atoms with E-state index in [0.29, 0.717) is 0 Å². The summed E-state index contributed by atoms with van der Waals surface area (Å²) < 4.78 is 21.5. The van der Waals surface area contributed by atoms with Crippen LogP contribution >= 0.6 is 15.2 Å². The van der Waals surface area contributed by atoms with Crippen molar-refractivity contribution in [2.45, 2.75) is 24.4 Å². The van der Waals surface area contributed by atoms with E-state index in [1.54, 1.807) is 0 Å². The predicted molar refractivity (Wildman–Crippen MR) is 56.0 cm³/mol. The quantitative estimate of drug-likeness (QED) is 0.247. The van der Waals surface area contributed by atoms with Crippen molar-refractivity contribution in [2.75, 3.05) is 12.3 Å². The van der Waals surface area contributed by atoms with Gasteiger partial charge in [0.05, 0.1) is 12.2 Å². The van der Waals surface area contributed by atoms with E-state index in [1.807, 2.05) is 0 Å². The Morgan fingerprint density at radius 2 is 0.792 bits per heavy atom. The third-order valence-electron chi connectivity index (χ3n) is 3.35. The van der Waals surface area contributed by atoms with Crippen molar-refractivity contribution in [2.24, 2.45) is 11.8 Å². The third-order valence-corrected chi connectivity index (χ3v) is 5.08. The molecule has 0 aromatic carbocycles. The molecule has 0 aromatic heterocycles. The van der Waals surface area contributed by atoms with Crippen LogP contribution in [0.4, 0.5) is 0 Å². The summed E-state index contributed by atoms with van der Waals surface area (Å²) in [4.78, 5) is 43.0. The average Bonchev–Trinajstić information content (AvgIpc) is 2.25. The Morgan fingerprint density at radius 1 is 0.583 bits per heavy atom. The summed E-state index contributed by atoms with van der Waals surface area (Å²) in [5.41, 5.74) is 0. The van der Waals surface area contributed by atoms with Gasteiger partial charge < -0.3 is 49.1 Å². The number of hydrogen-bond acceptors (Lipinski definition) is 10. The van der Waals surface area contributed by atoms with Crippen molar-refractivity contribution in [3.63, 3.8) is 0 Å². The average molecular weight is 424 g/mol. The maximum atomic E-state index is 10.8. The van der Waals surface area contributed by atoms with E-state index in [-0.39, 0.29) is 118 Å². The number of hydrogen-bond donors (Lipinski definition) is 4. The van der Waals surface area contributed by atoms with E-state index in [2.05, 4.69) is 0 Å². The van der Waals surface area contributed by atoms with E-state index in [0.717, 1.165) is 0 Å². The zero-order valence-electron chi connectivity index (χ0n) is 14.0. The van der Waals surface area contributed by atoms with Crippen LogP contribution in [0.1, 0.15) is 0 Å². The third kappa shape index (κ3) is 11.4. The summed E-state index contributed by atoms with van der Waals surface area (Å²) in [7, 11) is -10.4. The fraction of sp³-hybridized carbons (Fsp3) is 1.00. The normalized spacial score (nSPS) is 33.2. The SMILES string of the molecule is O=P([O-])([O-])C[C@@H]1[C@@H](O)[C@H](O)[C@H](O)[C@H](O)[C@H]1CP(=O)([O-])[O-].[Na+].[Na+].[Na+].[Na+]. The Balaban J connectivity index is -0.000000500. The minimum absolute atomic E-state index is 0. The fourth-order valence-electron chi connectivity index (χ4n) is 2.42. The van der Waals surface area contributed by atoms with Gasteiger partial charge in [-0.1, -0.05) is 15.2 Å². The molecule has 0 aliphatic heterocycles. The van der Waals surface area contributed by atoms with Crippen molar-refractivity contribution in [1.29, 1.82) is 0 Å². The van der Waals surface area contributed by atoms with E-state index < -0.39 is 63.8 Å². The molecule has 0 aromatic rings. The fourth-order valence-corrected chi connectivity index (χ4v) is 4.43. The first kappa shape index (κ1) is 35.6. The first-order chi connectivity index (χ1) is 8.83. The number of aliphatic hydroxyl groups is 4. The second-order valence-corrected chi connectivity index (χ2v) is 8.05. The standard InChI is InChI=1S/C8H18O10P2.4Na/c9-5-3(1-19(13,14)15)4(2-20(16,17)18)6(10)8(12)7(5)11;;;;/h3-12H,1-2H2,(H2,13,14,15)(H2,16,17,18);;;;/q;4*+1/p-4/t3-,4-,5+,6+,7-,8+;;;;/m0..../s1. The summed E-state index contributed by atoms with van der Waals surface area (Å²) in [6.07, 6.45) is -10.3. The van der Waals surface area contributed by atoms with E-state index in [1.165, 1.54) is 0 Å². The van der Waals surface area contributed by atoms with Crippen LogP contribution in [0.25, 0.3) is 0 Å². The van der Waals surface area contributed by atoms with Gasteiger partial charge in [0.1, 0.15) is 12.2 Å². The monoisotopic (exact) mass is 424 g/mol. The maximum Gasteiger partial charge on any atom is 1.00 e. The molecule has 0 heterocycles. The predicted octanol–water partition coefficient (Wildman–Crippen LogP) is -17.5. The molecule has 10 nitrogen and oxygen atoms in total. The molecule has 1 fully saturated rings. The summed E-state index contributed by atoms with van der Waals surface area (Å²) in [6.45, 7) is 0. The summed E-state index contributed by atoms with van der Waals surface area (Å²) in [6, 6.07) is 0. The Labute approximate surface area is 227 Å². The van der Waals surface area contributed by atoms with Gasteiger partial charge in [0.15, 0.2) is 0 Å². The molecule has 0 amide bonds. The molecule has 0 unspecified atom stereocenters. The van der Waals surface area contributed by atoms with E-state index >= 15 is 0 Å². The van der Waals surface area contributed by atoms with Gasteiger partial charge in [-0.15, -0.1) is 0 Å². The summed E-state index contributed by atoms with van der Waals surface area (Å²) >= 11 is 0. The molecular formula is C8H14Na4O10P2. The van der Waals surface area contributed by atoms with Crippen LogP contribution in [0, 0.1) is 11.8 Å². The molecule has 16 heteroatoms. The van der Waals surface area contributed by atoms with Crippen LogP contribution in [-0.2, 0) is 9.13 Å². The first-order valence-corrected chi connectivity index (χ1v) is 9.03. The number of aliphatic hydroxyl groups excluding tert-OH is 4. The summed E-state index contributed by atoms with van der Waals surface area (Å²) in [5.74, 6) is -3.33. The van der Waals surface area contributed by atoms with Crippen molar-refractivity contribution >= 4 is 15.2 Å². The molecule has 4 N–H and O–H groups in total. The van der Waals surface area contributed by atoms with Gasteiger partial charge in [0.2, 0.25) is 0 Å². The zero-order valence-corrected chi connectivity index (χ0v) is 23.8. The molecule has 24 heavy (non-hydrogen) atoms. The molecule has 0 spiro atoms. The van der Waals surface area contributed by atoms with Crippen LogP contribution in [0.15, 0.2) is 0 Å². The van der Waals surface area contributed by atoms with Gasteiger partial charge in [0.25, 0.3) is 0 Å². The van der Waals surface area contributed by atoms with Crippen LogP contribution < -0.4 is 138 Å². The van der Waals surface area contributed by atoms with Crippen LogP contribution in [0.2, 0.25) is 0 Å². The van der Waals surface area contributed by atoms with Gasteiger partial charge in [-0.2, -0.15) is 0 Å². The topological polar surface area (TPSA) is 207 Å². The second kappa shape index (κ2) is 14.2. The smallest absolute Gasteiger partial charge is 0.811 e. The van der Waals surface area contributed by atoms with E-state index in [9.17, 15) is 49.1 Å². The largest absolute Gasteiger partial charge is 1.00 e.